The van der Waals surface area contributed by atoms with Crippen molar-refractivity contribution in [2.75, 3.05) is 32.4 Å². The van der Waals surface area contributed by atoms with Crippen molar-refractivity contribution in [3.8, 4) is 0 Å². The number of aromatic nitrogens is 1. The Morgan fingerprint density at radius 2 is 2.59 bits per heavy atom. The lowest BCUT2D eigenvalue weighted by molar-refractivity contribution is -0.120. The van der Waals surface area contributed by atoms with E-state index in [1.165, 1.54) is 17.8 Å². The van der Waals surface area contributed by atoms with Gasteiger partial charge in [-0.05, 0) is 25.9 Å². The van der Waals surface area contributed by atoms with Gasteiger partial charge in [0.15, 0.2) is 5.13 Å². The fourth-order valence-corrected chi connectivity index (χ4v) is 2.64. The van der Waals surface area contributed by atoms with E-state index in [0.29, 0.717) is 17.5 Å². The number of amides is 1. The number of anilines is 1. The number of likely N-dealkylation sites (tertiary alicyclic amines) is 1. The fourth-order valence-electron chi connectivity index (χ4n) is 2.08. The van der Waals surface area contributed by atoms with Gasteiger partial charge in [-0.1, -0.05) is 0 Å². The summed E-state index contributed by atoms with van der Waals surface area (Å²) in [5, 5.41) is 5.31. The molecule has 0 radical (unpaired) electrons. The molecule has 3 N–H and O–H groups in total. The second kappa shape index (κ2) is 5.46. The van der Waals surface area contributed by atoms with Crippen LogP contribution in [-0.4, -0.2) is 42.5 Å². The molecule has 0 aliphatic carbocycles. The van der Waals surface area contributed by atoms with Crippen LogP contribution >= 0.6 is 11.3 Å². The molecule has 1 aromatic heterocycles. The lowest BCUT2D eigenvalue weighted by Crippen LogP contribution is -2.31. The summed E-state index contributed by atoms with van der Waals surface area (Å²) in [4.78, 5) is 18.0. The summed E-state index contributed by atoms with van der Waals surface area (Å²) >= 11 is 1.37. The summed E-state index contributed by atoms with van der Waals surface area (Å²) in [6, 6.07) is 0. The number of hydrogen-bond acceptors (Lipinski definition) is 5. The Balaban J connectivity index is 1.71. The van der Waals surface area contributed by atoms with Gasteiger partial charge in [0.25, 0.3) is 0 Å². The SMILES string of the molecule is CN1CCC(CNC(=O)Cc2csc(N)n2)C1. The number of carbonyl (C=O) groups is 1. The summed E-state index contributed by atoms with van der Waals surface area (Å²) in [6.07, 6.45) is 1.50. The molecule has 1 fully saturated rings. The van der Waals surface area contributed by atoms with Gasteiger partial charge in [-0.3, -0.25) is 4.79 Å². The molecule has 1 aromatic rings. The van der Waals surface area contributed by atoms with Crippen LogP contribution in [0.4, 0.5) is 5.13 Å². The van der Waals surface area contributed by atoms with Crippen LogP contribution in [0, 0.1) is 5.92 Å². The predicted octanol–water partition coefficient (Wildman–Crippen LogP) is 0.336. The zero-order valence-corrected chi connectivity index (χ0v) is 10.8. The molecule has 0 spiro atoms. The van der Waals surface area contributed by atoms with E-state index in [1.54, 1.807) is 0 Å². The number of hydrogen-bond donors (Lipinski definition) is 2. The maximum Gasteiger partial charge on any atom is 0.226 e. The summed E-state index contributed by atoms with van der Waals surface area (Å²) in [5.41, 5.74) is 6.27. The van der Waals surface area contributed by atoms with E-state index in [-0.39, 0.29) is 5.91 Å². The van der Waals surface area contributed by atoms with Crippen molar-refractivity contribution in [1.29, 1.82) is 0 Å². The van der Waals surface area contributed by atoms with Gasteiger partial charge < -0.3 is 16.0 Å². The Hall–Kier alpha value is -1.14. The summed E-state index contributed by atoms with van der Waals surface area (Å²) in [6.45, 7) is 2.97. The molecule has 0 saturated carbocycles. The summed E-state index contributed by atoms with van der Waals surface area (Å²) < 4.78 is 0. The zero-order valence-electron chi connectivity index (χ0n) is 9.98. The molecule has 2 rings (SSSR count). The zero-order chi connectivity index (χ0) is 12.3. The van der Waals surface area contributed by atoms with Crippen LogP contribution in [-0.2, 0) is 11.2 Å². The first kappa shape index (κ1) is 12.3. The summed E-state index contributed by atoms with van der Waals surface area (Å²) in [5.74, 6) is 0.620. The molecule has 94 valence electrons. The van der Waals surface area contributed by atoms with Gasteiger partial charge in [0, 0.05) is 18.5 Å². The third-order valence-corrected chi connectivity index (χ3v) is 3.71. The lowest BCUT2D eigenvalue weighted by Gasteiger charge is -2.11. The van der Waals surface area contributed by atoms with Crippen LogP contribution in [0.15, 0.2) is 5.38 Å². The number of nitrogens with one attached hydrogen (secondary N) is 1. The molecule has 17 heavy (non-hydrogen) atoms. The standard InChI is InChI=1S/C11H18N4OS/c1-15-3-2-8(6-15)5-13-10(16)4-9-7-17-11(12)14-9/h7-8H,2-6H2,1H3,(H2,12,14)(H,13,16). The molecule has 2 heterocycles. The van der Waals surface area contributed by atoms with Gasteiger partial charge in [-0.2, -0.15) is 0 Å². The van der Waals surface area contributed by atoms with Crippen LogP contribution in [0.5, 0.6) is 0 Å². The van der Waals surface area contributed by atoms with E-state index < -0.39 is 0 Å². The molecule has 1 saturated heterocycles. The number of carbonyl (C=O) groups excluding carboxylic acids is 1. The highest BCUT2D eigenvalue weighted by Crippen LogP contribution is 2.13. The number of rotatable bonds is 4. The molecule has 1 unspecified atom stereocenters. The van der Waals surface area contributed by atoms with E-state index in [9.17, 15) is 4.79 Å². The minimum Gasteiger partial charge on any atom is -0.375 e. The minimum absolute atomic E-state index is 0.0323. The van der Waals surface area contributed by atoms with Crippen LogP contribution in [0.3, 0.4) is 0 Å². The van der Waals surface area contributed by atoms with Crippen molar-refractivity contribution in [3.05, 3.63) is 11.1 Å². The van der Waals surface area contributed by atoms with Gasteiger partial charge in [-0.25, -0.2) is 4.98 Å². The van der Waals surface area contributed by atoms with Crippen molar-refractivity contribution >= 4 is 22.4 Å². The average Bonchev–Trinajstić information content (AvgIpc) is 2.85. The Morgan fingerprint density at radius 3 is 3.18 bits per heavy atom. The largest absolute Gasteiger partial charge is 0.375 e. The lowest BCUT2D eigenvalue weighted by atomic mass is 10.1. The molecule has 5 nitrogen and oxygen atoms in total. The number of nitrogens with zero attached hydrogens (tertiary/aromatic N) is 2. The van der Waals surface area contributed by atoms with Crippen molar-refractivity contribution in [2.24, 2.45) is 5.92 Å². The first-order valence-electron chi connectivity index (χ1n) is 5.78. The second-order valence-corrected chi connectivity index (χ2v) is 5.46. The maximum atomic E-state index is 11.7. The quantitative estimate of drug-likeness (QED) is 0.812. The maximum absolute atomic E-state index is 11.7. The molecule has 1 aliphatic heterocycles. The third-order valence-electron chi connectivity index (χ3n) is 2.99. The smallest absolute Gasteiger partial charge is 0.226 e. The van der Waals surface area contributed by atoms with Crippen LogP contribution < -0.4 is 11.1 Å². The molecule has 1 amide bonds. The van der Waals surface area contributed by atoms with Crippen molar-refractivity contribution in [2.45, 2.75) is 12.8 Å². The van der Waals surface area contributed by atoms with E-state index in [1.807, 2.05) is 5.38 Å². The molecule has 0 bridgehead atoms. The fraction of sp³-hybridized carbons (Fsp3) is 0.636. The van der Waals surface area contributed by atoms with Crippen LogP contribution in [0.2, 0.25) is 0 Å². The van der Waals surface area contributed by atoms with E-state index in [0.717, 1.165) is 25.3 Å². The Kier molecular flexibility index (Phi) is 3.96. The first-order chi connectivity index (χ1) is 8.13. The van der Waals surface area contributed by atoms with Gasteiger partial charge in [0.1, 0.15) is 0 Å². The van der Waals surface area contributed by atoms with Gasteiger partial charge in [0.2, 0.25) is 5.91 Å². The number of nitrogens with two attached hydrogens (primary N) is 1. The van der Waals surface area contributed by atoms with Crippen LogP contribution in [0.1, 0.15) is 12.1 Å². The summed E-state index contributed by atoms with van der Waals surface area (Å²) in [7, 11) is 2.11. The highest BCUT2D eigenvalue weighted by molar-refractivity contribution is 7.13. The van der Waals surface area contributed by atoms with Gasteiger partial charge >= 0.3 is 0 Å². The Morgan fingerprint density at radius 1 is 1.76 bits per heavy atom. The predicted molar refractivity (Wildman–Crippen MR) is 68.8 cm³/mol. The van der Waals surface area contributed by atoms with E-state index >= 15 is 0 Å². The number of nitrogen functional groups attached to an aromatic ring is 1. The Bertz CT molecular complexity index is 393. The van der Waals surface area contributed by atoms with Crippen molar-refractivity contribution < 1.29 is 4.79 Å². The second-order valence-electron chi connectivity index (χ2n) is 4.57. The van der Waals surface area contributed by atoms with E-state index in [2.05, 4.69) is 22.2 Å². The van der Waals surface area contributed by atoms with Crippen molar-refractivity contribution in [3.63, 3.8) is 0 Å². The molecular weight excluding hydrogens is 236 g/mol. The Labute approximate surface area is 105 Å². The average molecular weight is 254 g/mol. The highest BCUT2D eigenvalue weighted by Gasteiger charge is 2.19. The monoisotopic (exact) mass is 254 g/mol. The van der Waals surface area contributed by atoms with Gasteiger partial charge in [-0.15, -0.1) is 11.3 Å². The molecule has 6 heteroatoms. The topological polar surface area (TPSA) is 71.2 Å². The normalized spacial score (nSPS) is 20.6. The third kappa shape index (κ3) is 3.67. The molecule has 1 atom stereocenters. The number of thiazole rings is 1. The first-order valence-corrected chi connectivity index (χ1v) is 6.66. The molecule has 1 aliphatic rings. The van der Waals surface area contributed by atoms with Crippen molar-refractivity contribution in [1.82, 2.24) is 15.2 Å². The molecular formula is C11H18N4OS. The van der Waals surface area contributed by atoms with Gasteiger partial charge in [0.05, 0.1) is 12.1 Å². The highest BCUT2D eigenvalue weighted by atomic mass is 32.1. The minimum atomic E-state index is 0.0323. The van der Waals surface area contributed by atoms with E-state index in [4.69, 9.17) is 5.73 Å². The van der Waals surface area contributed by atoms with Crippen LogP contribution in [0.25, 0.3) is 0 Å². The molecule has 0 aromatic carbocycles.